The van der Waals surface area contributed by atoms with Crippen molar-refractivity contribution < 1.29 is 14.3 Å². The zero-order chi connectivity index (χ0) is 14.3. The van der Waals surface area contributed by atoms with Crippen LogP contribution in [0.15, 0.2) is 24.3 Å². The van der Waals surface area contributed by atoms with Crippen LogP contribution in [-0.2, 0) is 11.2 Å². The molecule has 19 heavy (non-hydrogen) atoms. The Bertz CT molecular complexity index is 405. The summed E-state index contributed by atoms with van der Waals surface area (Å²) in [7, 11) is 0. The summed E-state index contributed by atoms with van der Waals surface area (Å²) in [5.74, 6) is -0.394. The Morgan fingerprint density at radius 2 is 2.05 bits per heavy atom. The first-order valence-electron chi connectivity index (χ1n) is 6.77. The van der Waals surface area contributed by atoms with Crippen LogP contribution in [0.5, 0.6) is 0 Å². The number of carbonyl (C=O) groups is 1. The predicted molar refractivity (Wildman–Crippen MR) is 73.3 cm³/mol. The van der Waals surface area contributed by atoms with E-state index in [9.17, 15) is 9.18 Å². The van der Waals surface area contributed by atoms with Crippen molar-refractivity contribution in [1.29, 1.82) is 0 Å². The Kier molecular flexibility index (Phi) is 6.50. The molecular formula is C15H22FNO2. The highest BCUT2D eigenvalue weighted by molar-refractivity contribution is 5.79. The summed E-state index contributed by atoms with van der Waals surface area (Å²) in [6.45, 7) is 4.33. The summed E-state index contributed by atoms with van der Waals surface area (Å²) in [6, 6.07) is 6.21. The number of aliphatic hydroxyl groups excluding tert-OH is 1. The van der Waals surface area contributed by atoms with Gasteiger partial charge in [-0.05, 0) is 30.5 Å². The maximum atomic E-state index is 13.1. The van der Waals surface area contributed by atoms with E-state index in [0.29, 0.717) is 12.1 Å². The zero-order valence-electron chi connectivity index (χ0n) is 11.6. The summed E-state index contributed by atoms with van der Waals surface area (Å²) in [5.41, 5.74) is 0.666. The molecule has 0 spiro atoms. The highest BCUT2D eigenvalue weighted by Crippen LogP contribution is 2.12. The van der Waals surface area contributed by atoms with Crippen LogP contribution in [0.3, 0.4) is 0 Å². The molecular weight excluding hydrogens is 245 g/mol. The largest absolute Gasteiger partial charge is 0.395 e. The topological polar surface area (TPSA) is 40.5 Å². The molecule has 1 aromatic carbocycles. The molecule has 0 bridgehead atoms. The van der Waals surface area contributed by atoms with Crippen molar-refractivity contribution >= 4 is 5.91 Å². The molecule has 1 N–H and O–H groups in total. The molecule has 0 heterocycles. The number of amides is 1. The van der Waals surface area contributed by atoms with Gasteiger partial charge in [-0.2, -0.15) is 0 Å². The number of benzene rings is 1. The van der Waals surface area contributed by atoms with E-state index < -0.39 is 0 Å². The van der Waals surface area contributed by atoms with Crippen LogP contribution in [0.1, 0.15) is 32.3 Å². The minimum absolute atomic E-state index is 0.0502. The van der Waals surface area contributed by atoms with Crippen LogP contribution in [0, 0.1) is 5.82 Å². The molecule has 3 nitrogen and oxygen atoms in total. The van der Waals surface area contributed by atoms with Crippen LogP contribution in [-0.4, -0.2) is 35.1 Å². The third-order valence-corrected chi connectivity index (χ3v) is 3.29. The number of hydrogen-bond acceptors (Lipinski definition) is 2. The number of carbonyl (C=O) groups excluding carboxylic acids is 1. The van der Waals surface area contributed by atoms with E-state index in [2.05, 4.69) is 0 Å². The third kappa shape index (κ3) is 4.63. The lowest BCUT2D eigenvalue weighted by Gasteiger charge is -2.30. The average molecular weight is 267 g/mol. The molecule has 0 fully saturated rings. The fourth-order valence-electron chi connectivity index (χ4n) is 2.27. The van der Waals surface area contributed by atoms with Crippen LogP contribution >= 0.6 is 0 Å². The first-order valence-corrected chi connectivity index (χ1v) is 6.77. The lowest BCUT2D eigenvalue weighted by Crippen LogP contribution is -2.42. The molecule has 0 radical (unpaired) electrons. The Morgan fingerprint density at radius 1 is 1.37 bits per heavy atom. The van der Waals surface area contributed by atoms with Gasteiger partial charge < -0.3 is 10.0 Å². The average Bonchev–Trinajstić information content (AvgIpc) is 2.39. The van der Waals surface area contributed by atoms with Gasteiger partial charge in [-0.1, -0.05) is 26.0 Å². The second-order valence-corrected chi connectivity index (χ2v) is 4.59. The third-order valence-electron chi connectivity index (χ3n) is 3.29. The molecule has 1 aromatic rings. The summed E-state index contributed by atoms with van der Waals surface area (Å²) in [6.07, 6.45) is 1.88. The molecule has 4 heteroatoms. The molecule has 0 aliphatic carbocycles. The first kappa shape index (κ1) is 15.6. The minimum atomic E-state index is -0.332. The van der Waals surface area contributed by atoms with Crippen molar-refractivity contribution in [3.8, 4) is 0 Å². The molecule has 0 aliphatic heterocycles. The summed E-state index contributed by atoms with van der Waals surface area (Å²) in [5, 5.41) is 9.08. The second kappa shape index (κ2) is 7.89. The number of nitrogens with zero attached hydrogens (tertiary/aromatic N) is 1. The predicted octanol–water partition coefficient (Wildman–Crippen LogP) is 2.38. The molecule has 0 atom stereocenters. The molecule has 1 rings (SSSR count). The Labute approximate surface area is 114 Å². The molecule has 0 unspecified atom stereocenters. The molecule has 106 valence electrons. The fourth-order valence-corrected chi connectivity index (χ4v) is 2.27. The van der Waals surface area contributed by atoms with Gasteiger partial charge in [-0.25, -0.2) is 4.39 Å². The van der Waals surface area contributed by atoms with Crippen molar-refractivity contribution in [1.82, 2.24) is 4.90 Å². The van der Waals surface area contributed by atoms with Crippen LogP contribution in [0.25, 0.3) is 0 Å². The van der Waals surface area contributed by atoms with Crippen molar-refractivity contribution in [2.45, 2.75) is 39.2 Å². The number of rotatable bonds is 7. The number of hydrogen-bond donors (Lipinski definition) is 1. The Morgan fingerprint density at radius 3 is 2.58 bits per heavy atom. The van der Waals surface area contributed by atoms with Crippen molar-refractivity contribution in [2.75, 3.05) is 13.2 Å². The summed E-state index contributed by atoms with van der Waals surface area (Å²) < 4.78 is 13.1. The van der Waals surface area contributed by atoms with Crippen LogP contribution in [0.2, 0.25) is 0 Å². The fraction of sp³-hybridized carbons (Fsp3) is 0.533. The van der Waals surface area contributed by atoms with Gasteiger partial charge in [0.2, 0.25) is 5.91 Å². The monoisotopic (exact) mass is 267 g/mol. The second-order valence-electron chi connectivity index (χ2n) is 4.59. The van der Waals surface area contributed by atoms with Gasteiger partial charge in [0.25, 0.3) is 0 Å². The van der Waals surface area contributed by atoms with Gasteiger partial charge in [-0.3, -0.25) is 4.79 Å². The van der Waals surface area contributed by atoms with Gasteiger partial charge in [0.05, 0.1) is 13.0 Å². The minimum Gasteiger partial charge on any atom is -0.395 e. The van der Waals surface area contributed by atoms with Crippen molar-refractivity contribution in [3.63, 3.8) is 0 Å². The van der Waals surface area contributed by atoms with E-state index >= 15 is 0 Å². The van der Waals surface area contributed by atoms with Crippen LogP contribution < -0.4 is 0 Å². The van der Waals surface area contributed by atoms with Gasteiger partial charge in [0.1, 0.15) is 5.82 Å². The van der Waals surface area contributed by atoms with Crippen molar-refractivity contribution in [2.24, 2.45) is 0 Å². The standard InChI is InChI=1S/C15H22FNO2/c1-3-14(4-2)17(8-9-18)15(19)11-12-6-5-7-13(16)10-12/h5-7,10,14,18H,3-4,8-9,11H2,1-2H3. The smallest absolute Gasteiger partial charge is 0.227 e. The van der Waals surface area contributed by atoms with Gasteiger partial charge in [0.15, 0.2) is 0 Å². The summed E-state index contributed by atoms with van der Waals surface area (Å²) in [4.78, 5) is 14.0. The van der Waals surface area contributed by atoms with Crippen molar-refractivity contribution in [3.05, 3.63) is 35.6 Å². The van der Waals surface area contributed by atoms with E-state index in [1.165, 1.54) is 12.1 Å². The SMILES string of the molecule is CCC(CC)N(CCO)C(=O)Cc1cccc(F)c1. The highest BCUT2D eigenvalue weighted by Gasteiger charge is 2.20. The zero-order valence-corrected chi connectivity index (χ0v) is 11.6. The first-order chi connectivity index (χ1) is 9.12. The molecule has 0 aromatic heterocycles. The van der Waals surface area contributed by atoms with E-state index in [1.54, 1.807) is 17.0 Å². The Hall–Kier alpha value is -1.42. The van der Waals surface area contributed by atoms with Gasteiger partial charge >= 0.3 is 0 Å². The van der Waals surface area contributed by atoms with Gasteiger partial charge in [-0.15, -0.1) is 0 Å². The summed E-state index contributed by atoms with van der Waals surface area (Å²) >= 11 is 0. The van der Waals surface area contributed by atoms with E-state index in [4.69, 9.17) is 5.11 Å². The van der Waals surface area contributed by atoms with E-state index in [1.807, 2.05) is 13.8 Å². The Balaban J connectivity index is 2.76. The molecule has 1 amide bonds. The van der Waals surface area contributed by atoms with Gasteiger partial charge in [0, 0.05) is 12.6 Å². The molecule has 0 saturated carbocycles. The molecule has 0 saturated heterocycles. The normalized spacial score (nSPS) is 10.8. The quantitative estimate of drug-likeness (QED) is 0.824. The lowest BCUT2D eigenvalue weighted by molar-refractivity contribution is -0.133. The van der Waals surface area contributed by atoms with E-state index in [-0.39, 0.29) is 30.8 Å². The number of aliphatic hydroxyl groups is 1. The maximum Gasteiger partial charge on any atom is 0.227 e. The maximum absolute atomic E-state index is 13.1. The highest BCUT2D eigenvalue weighted by atomic mass is 19.1. The van der Waals surface area contributed by atoms with E-state index in [0.717, 1.165) is 12.8 Å². The lowest BCUT2D eigenvalue weighted by atomic mass is 10.1. The van der Waals surface area contributed by atoms with Crippen LogP contribution in [0.4, 0.5) is 4.39 Å². The molecule has 0 aliphatic rings. The number of halogens is 1.